The Morgan fingerprint density at radius 2 is 2.41 bits per heavy atom. The van der Waals surface area contributed by atoms with Gasteiger partial charge in [-0.2, -0.15) is 5.26 Å². The molecule has 0 aliphatic carbocycles. The number of methoxy groups -OCH3 is 1. The van der Waals surface area contributed by atoms with Gasteiger partial charge in [0.25, 0.3) is 5.22 Å². The summed E-state index contributed by atoms with van der Waals surface area (Å²) >= 11 is 1.50. The maximum absolute atomic E-state index is 8.86. The molecule has 0 bridgehead atoms. The monoisotopic (exact) mass is 246 g/mol. The van der Waals surface area contributed by atoms with E-state index in [1.807, 2.05) is 12.1 Å². The lowest BCUT2D eigenvalue weighted by Crippen LogP contribution is -1.90. The van der Waals surface area contributed by atoms with Crippen LogP contribution in [-0.4, -0.2) is 12.1 Å². The molecule has 86 valence electrons. The average Bonchev–Trinajstić information content (AvgIpc) is 2.89. The van der Waals surface area contributed by atoms with Crippen LogP contribution in [0.4, 0.5) is 0 Å². The van der Waals surface area contributed by atoms with E-state index in [0.29, 0.717) is 16.5 Å². The molecule has 0 saturated heterocycles. The highest BCUT2D eigenvalue weighted by Crippen LogP contribution is 2.25. The molecule has 2 rings (SSSR count). The molecule has 1 aromatic heterocycles. The summed E-state index contributed by atoms with van der Waals surface area (Å²) in [5, 5.41) is 9.49. The molecule has 17 heavy (non-hydrogen) atoms. The van der Waals surface area contributed by atoms with E-state index < -0.39 is 0 Å². The first-order chi connectivity index (χ1) is 8.33. The van der Waals surface area contributed by atoms with Crippen LogP contribution < -0.4 is 4.74 Å². The highest BCUT2D eigenvalue weighted by Gasteiger charge is 2.05. The first kappa shape index (κ1) is 11.6. The van der Waals surface area contributed by atoms with Crippen molar-refractivity contribution in [2.45, 2.75) is 11.0 Å². The number of nitrogens with zero attached hydrogens (tertiary/aromatic N) is 2. The van der Waals surface area contributed by atoms with Gasteiger partial charge in [0.15, 0.2) is 0 Å². The van der Waals surface area contributed by atoms with Crippen LogP contribution in [0.2, 0.25) is 0 Å². The summed E-state index contributed by atoms with van der Waals surface area (Å²) in [6, 6.07) is 7.59. The molecule has 0 radical (unpaired) electrons. The van der Waals surface area contributed by atoms with E-state index >= 15 is 0 Å². The van der Waals surface area contributed by atoms with Crippen molar-refractivity contribution in [1.82, 2.24) is 4.98 Å². The summed E-state index contributed by atoms with van der Waals surface area (Å²) in [7, 11) is 1.56. The van der Waals surface area contributed by atoms with Crippen molar-refractivity contribution in [2.24, 2.45) is 0 Å². The number of ether oxygens (including phenoxy) is 1. The first-order valence-corrected chi connectivity index (χ1v) is 5.91. The minimum atomic E-state index is 0.539. The Hall–Kier alpha value is -1.93. The Bertz CT molecular complexity index is 532. The smallest absolute Gasteiger partial charge is 0.255 e. The lowest BCUT2D eigenvalue weighted by Gasteiger charge is -2.05. The Labute approximate surface area is 103 Å². The molecule has 0 spiro atoms. The Kier molecular flexibility index (Phi) is 3.68. The number of hydrogen-bond acceptors (Lipinski definition) is 5. The second kappa shape index (κ2) is 5.41. The van der Waals surface area contributed by atoms with E-state index in [-0.39, 0.29) is 0 Å². The van der Waals surface area contributed by atoms with Crippen LogP contribution >= 0.6 is 11.8 Å². The maximum atomic E-state index is 8.86. The second-order valence-corrected chi connectivity index (χ2v) is 4.16. The van der Waals surface area contributed by atoms with Crippen LogP contribution in [0.5, 0.6) is 5.75 Å². The van der Waals surface area contributed by atoms with E-state index in [2.05, 4.69) is 11.1 Å². The maximum Gasteiger partial charge on any atom is 0.255 e. The van der Waals surface area contributed by atoms with Crippen molar-refractivity contribution in [3.8, 4) is 11.8 Å². The zero-order valence-electron chi connectivity index (χ0n) is 9.21. The van der Waals surface area contributed by atoms with E-state index in [1.54, 1.807) is 25.6 Å². The summed E-state index contributed by atoms with van der Waals surface area (Å²) in [5.74, 6) is 1.32. The van der Waals surface area contributed by atoms with Gasteiger partial charge in [0.2, 0.25) is 0 Å². The first-order valence-electron chi connectivity index (χ1n) is 4.93. The summed E-state index contributed by atoms with van der Waals surface area (Å²) in [6.07, 6.45) is 3.16. The van der Waals surface area contributed by atoms with Gasteiger partial charge in [0.05, 0.1) is 18.9 Å². The average molecular weight is 246 g/mol. The van der Waals surface area contributed by atoms with Gasteiger partial charge in [0.1, 0.15) is 18.1 Å². The van der Waals surface area contributed by atoms with Crippen molar-refractivity contribution in [3.63, 3.8) is 0 Å². The molecule has 0 aliphatic rings. The number of hydrogen-bond donors (Lipinski definition) is 0. The van der Waals surface area contributed by atoms with Crippen LogP contribution in [0.25, 0.3) is 0 Å². The molecular weight excluding hydrogens is 236 g/mol. The Balaban J connectivity index is 2.09. The molecule has 5 heteroatoms. The van der Waals surface area contributed by atoms with Gasteiger partial charge < -0.3 is 9.15 Å². The van der Waals surface area contributed by atoms with E-state index in [0.717, 1.165) is 11.3 Å². The van der Waals surface area contributed by atoms with E-state index in [1.165, 1.54) is 11.8 Å². The highest BCUT2D eigenvalue weighted by atomic mass is 32.2. The topological polar surface area (TPSA) is 59.1 Å². The van der Waals surface area contributed by atoms with Crippen molar-refractivity contribution in [1.29, 1.82) is 5.26 Å². The normalized spacial score (nSPS) is 9.88. The molecule has 2 aromatic rings. The van der Waals surface area contributed by atoms with Crippen LogP contribution in [0.3, 0.4) is 0 Å². The molecule has 1 heterocycles. The minimum Gasteiger partial charge on any atom is -0.495 e. The molecule has 0 atom stereocenters. The van der Waals surface area contributed by atoms with E-state index in [4.69, 9.17) is 14.4 Å². The number of benzene rings is 1. The fraction of sp³-hybridized carbons (Fsp3) is 0.167. The summed E-state index contributed by atoms with van der Waals surface area (Å²) in [6.45, 7) is 0. The molecular formula is C12H10N2O2S. The van der Waals surface area contributed by atoms with Crippen molar-refractivity contribution >= 4 is 11.8 Å². The largest absolute Gasteiger partial charge is 0.495 e. The molecule has 0 unspecified atom stereocenters. The van der Waals surface area contributed by atoms with Crippen LogP contribution in [0.15, 0.2) is 40.3 Å². The minimum absolute atomic E-state index is 0.539. The van der Waals surface area contributed by atoms with Crippen LogP contribution in [0, 0.1) is 11.3 Å². The number of oxazole rings is 1. The molecule has 4 nitrogen and oxygen atoms in total. The van der Waals surface area contributed by atoms with E-state index in [9.17, 15) is 0 Å². The molecule has 0 fully saturated rings. The fourth-order valence-corrected chi connectivity index (χ4v) is 2.07. The SMILES string of the molecule is COc1cc(CSc2ncco2)ccc1C#N. The van der Waals surface area contributed by atoms with Crippen molar-refractivity contribution in [2.75, 3.05) is 7.11 Å². The number of rotatable bonds is 4. The van der Waals surface area contributed by atoms with Crippen molar-refractivity contribution < 1.29 is 9.15 Å². The second-order valence-electron chi connectivity index (χ2n) is 3.23. The lowest BCUT2D eigenvalue weighted by molar-refractivity contribution is 0.413. The zero-order valence-corrected chi connectivity index (χ0v) is 10.0. The summed E-state index contributed by atoms with van der Waals surface area (Å²) in [5.41, 5.74) is 1.60. The van der Waals surface area contributed by atoms with Gasteiger partial charge in [-0.15, -0.1) is 0 Å². The third-order valence-corrected chi connectivity index (χ3v) is 3.08. The van der Waals surface area contributed by atoms with Gasteiger partial charge >= 0.3 is 0 Å². The standard InChI is InChI=1S/C12H10N2O2S/c1-15-11-6-9(2-3-10(11)7-13)8-17-12-14-4-5-16-12/h2-6H,8H2,1H3. The molecule has 0 N–H and O–H groups in total. The highest BCUT2D eigenvalue weighted by molar-refractivity contribution is 7.98. The molecule has 1 aromatic carbocycles. The molecule has 0 aliphatic heterocycles. The number of nitriles is 1. The lowest BCUT2D eigenvalue weighted by atomic mass is 10.1. The van der Waals surface area contributed by atoms with Gasteiger partial charge in [0, 0.05) is 5.75 Å². The third kappa shape index (κ3) is 2.80. The summed E-state index contributed by atoms with van der Waals surface area (Å²) in [4.78, 5) is 4.02. The number of aromatic nitrogens is 1. The third-order valence-electron chi connectivity index (χ3n) is 2.16. The Morgan fingerprint density at radius 3 is 3.06 bits per heavy atom. The van der Waals surface area contributed by atoms with Crippen LogP contribution in [-0.2, 0) is 5.75 Å². The van der Waals surface area contributed by atoms with Gasteiger partial charge in [-0.3, -0.25) is 0 Å². The summed E-state index contributed by atoms with van der Waals surface area (Å²) < 4.78 is 10.3. The van der Waals surface area contributed by atoms with Crippen molar-refractivity contribution in [3.05, 3.63) is 41.8 Å². The van der Waals surface area contributed by atoms with Gasteiger partial charge in [-0.05, 0) is 17.7 Å². The molecule has 0 saturated carbocycles. The Morgan fingerprint density at radius 1 is 1.53 bits per heavy atom. The van der Waals surface area contributed by atoms with Crippen LogP contribution in [0.1, 0.15) is 11.1 Å². The quantitative estimate of drug-likeness (QED) is 0.776. The van der Waals surface area contributed by atoms with Gasteiger partial charge in [-0.1, -0.05) is 17.8 Å². The zero-order chi connectivity index (χ0) is 12.1. The predicted octanol–water partition coefficient (Wildman–Crippen LogP) is 2.85. The van der Waals surface area contributed by atoms with Gasteiger partial charge in [-0.25, -0.2) is 4.98 Å². The predicted molar refractivity (Wildman–Crippen MR) is 63.8 cm³/mol. The number of thioether (sulfide) groups is 1. The molecule has 0 amide bonds. The fourth-order valence-electron chi connectivity index (χ4n) is 1.34.